The maximum Gasteiger partial charge on any atom is 0.400 e. The molecule has 5 nitrogen and oxygen atoms in total. The quantitative estimate of drug-likeness (QED) is 0.633. The molecule has 68 valence electrons. The zero-order chi connectivity index (χ0) is 8.91. The van der Waals surface area contributed by atoms with Crippen LogP contribution >= 0.6 is 0 Å². The SMILES string of the molecule is CC(C)OS(=O)(=O)OCCO. The van der Waals surface area contributed by atoms with Crippen molar-refractivity contribution in [1.82, 2.24) is 0 Å². The van der Waals surface area contributed by atoms with Crippen LogP contribution in [0.4, 0.5) is 0 Å². The third-order valence-corrected chi connectivity index (χ3v) is 1.71. The Morgan fingerprint density at radius 2 is 2.00 bits per heavy atom. The van der Waals surface area contributed by atoms with E-state index in [9.17, 15) is 8.42 Å². The molecule has 0 fully saturated rings. The Morgan fingerprint density at radius 3 is 2.36 bits per heavy atom. The first kappa shape index (κ1) is 10.8. The van der Waals surface area contributed by atoms with Gasteiger partial charge in [0.15, 0.2) is 0 Å². The molecule has 0 rings (SSSR count). The van der Waals surface area contributed by atoms with Crippen molar-refractivity contribution in [3.05, 3.63) is 0 Å². The Balaban J connectivity index is 3.82. The number of aliphatic hydroxyl groups excluding tert-OH is 1. The fourth-order valence-electron chi connectivity index (χ4n) is 0.403. The van der Waals surface area contributed by atoms with Gasteiger partial charge in [0, 0.05) is 0 Å². The van der Waals surface area contributed by atoms with Crippen molar-refractivity contribution in [3.8, 4) is 0 Å². The van der Waals surface area contributed by atoms with Crippen LogP contribution in [0.1, 0.15) is 13.8 Å². The van der Waals surface area contributed by atoms with E-state index in [0.29, 0.717) is 0 Å². The highest BCUT2D eigenvalue weighted by atomic mass is 32.3. The number of hydrogen-bond acceptors (Lipinski definition) is 5. The highest BCUT2D eigenvalue weighted by molar-refractivity contribution is 7.81. The molecule has 0 amide bonds. The fourth-order valence-corrected chi connectivity index (χ4v) is 1.21. The summed E-state index contributed by atoms with van der Waals surface area (Å²) in [6.45, 7) is 2.52. The van der Waals surface area contributed by atoms with Crippen molar-refractivity contribution in [2.45, 2.75) is 20.0 Å². The van der Waals surface area contributed by atoms with Crippen LogP contribution in [-0.4, -0.2) is 32.8 Å². The van der Waals surface area contributed by atoms with Crippen LogP contribution in [0.2, 0.25) is 0 Å². The Hall–Kier alpha value is -0.170. The summed E-state index contributed by atoms with van der Waals surface area (Å²) in [4.78, 5) is 0. The monoisotopic (exact) mass is 184 g/mol. The van der Waals surface area contributed by atoms with E-state index in [2.05, 4.69) is 8.37 Å². The minimum Gasteiger partial charge on any atom is -0.394 e. The van der Waals surface area contributed by atoms with Crippen LogP contribution in [0.3, 0.4) is 0 Å². The lowest BCUT2D eigenvalue weighted by molar-refractivity contribution is 0.150. The van der Waals surface area contributed by atoms with Crippen LogP contribution in [0.25, 0.3) is 0 Å². The van der Waals surface area contributed by atoms with Crippen molar-refractivity contribution < 1.29 is 21.9 Å². The van der Waals surface area contributed by atoms with E-state index in [1.54, 1.807) is 13.8 Å². The Bertz CT molecular complexity index is 183. The van der Waals surface area contributed by atoms with Crippen LogP contribution in [0.15, 0.2) is 0 Å². The number of rotatable bonds is 5. The Kier molecular flexibility index (Phi) is 4.58. The van der Waals surface area contributed by atoms with Crippen LogP contribution in [-0.2, 0) is 18.8 Å². The van der Waals surface area contributed by atoms with Gasteiger partial charge in [0.25, 0.3) is 0 Å². The molecule has 0 aliphatic rings. The van der Waals surface area contributed by atoms with Gasteiger partial charge < -0.3 is 5.11 Å². The largest absolute Gasteiger partial charge is 0.400 e. The standard InChI is InChI=1S/C5H12O5S/c1-5(2)10-11(7,8)9-4-3-6/h5-6H,3-4H2,1-2H3. The maximum absolute atomic E-state index is 10.6. The van der Waals surface area contributed by atoms with Crippen molar-refractivity contribution in [2.75, 3.05) is 13.2 Å². The molecule has 0 heterocycles. The second-order valence-corrected chi connectivity index (χ2v) is 3.34. The third-order valence-electron chi connectivity index (χ3n) is 0.629. The molecular weight excluding hydrogens is 172 g/mol. The van der Waals surface area contributed by atoms with Gasteiger partial charge in [0.05, 0.1) is 19.3 Å². The molecular formula is C5H12O5S. The highest BCUT2D eigenvalue weighted by Crippen LogP contribution is 1.99. The zero-order valence-corrected chi connectivity index (χ0v) is 7.30. The van der Waals surface area contributed by atoms with Crippen LogP contribution in [0, 0.1) is 0 Å². The Labute approximate surface area is 66.3 Å². The van der Waals surface area contributed by atoms with Crippen molar-refractivity contribution in [3.63, 3.8) is 0 Å². The average molecular weight is 184 g/mol. The smallest absolute Gasteiger partial charge is 0.394 e. The predicted molar refractivity (Wildman–Crippen MR) is 38.2 cm³/mol. The molecule has 0 spiro atoms. The molecule has 0 aliphatic carbocycles. The Morgan fingerprint density at radius 1 is 1.45 bits per heavy atom. The van der Waals surface area contributed by atoms with Gasteiger partial charge in [0.1, 0.15) is 0 Å². The lowest BCUT2D eigenvalue weighted by atomic mass is 10.5. The molecule has 6 heteroatoms. The molecule has 0 aromatic heterocycles. The van der Waals surface area contributed by atoms with Crippen LogP contribution in [0.5, 0.6) is 0 Å². The van der Waals surface area contributed by atoms with Gasteiger partial charge in [0.2, 0.25) is 0 Å². The van der Waals surface area contributed by atoms with Gasteiger partial charge in [-0.25, -0.2) is 8.37 Å². The average Bonchev–Trinajstić information content (AvgIpc) is 1.81. The summed E-state index contributed by atoms with van der Waals surface area (Å²) in [6.07, 6.45) is -0.446. The van der Waals surface area contributed by atoms with E-state index in [-0.39, 0.29) is 13.2 Å². The molecule has 0 saturated carbocycles. The van der Waals surface area contributed by atoms with Gasteiger partial charge in [-0.05, 0) is 13.8 Å². The van der Waals surface area contributed by atoms with E-state index in [4.69, 9.17) is 5.11 Å². The first-order valence-corrected chi connectivity index (χ1v) is 4.50. The van der Waals surface area contributed by atoms with E-state index in [1.807, 2.05) is 0 Å². The lowest BCUT2D eigenvalue weighted by Crippen LogP contribution is -2.16. The molecule has 0 atom stereocenters. The summed E-state index contributed by atoms with van der Waals surface area (Å²) in [5.74, 6) is 0. The van der Waals surface area contributed by atoms with Crippen LogP contribution < -0.4 is 0 Å². The number of hydrogen-bond donors (Lipinski definition) is 1. The van der Waals surface area contributed by atoms with Gasteiger partial charge in [-0.1, -0.05) is 0 Å². The van der Waals surface area contributed by atoms with E-state index in [0.717, 1.165) is 0 Å². The van der Waals surface area contributed by atoms with Gasteiger partial charge in [-0.15, -0.1) is 0 Å². The minimum absolute atomic E-state index is 0.269. The first-order chi connectivity index (χ1) is 4.98. The normalized spacial score (nSPS) is 12.4. The molecule has 0 aromatic carbocycles. The zero-order valence-electron chi connectivity index (χ0n) is 6.48. The molecule has 0 unspecified atom stereocenters. The summed E-state index contributed by atoms with van der Waals surface area (Å²) >= 11 is 0. The third kappa shape index (κ3) is 6.24. The summed E-state index contributed by atoms with van der Waals surface area (Å²) in [5.41, 5.74) is 0. The van der Waals surface area contributed by atoms with Crippen molar-refractivity contribution >= 4 is 10.4 Å². The molecule has 0 aliphatic heterocycles. The van der Waals surface area contributed by atoms with Crippen molar-refractivity contribution in [2.24, 2.45) is 0 Å². The first-order valence-electron chi connectivity index (χ1n) is 3.16. The second-order valence-electron chi connectivity index (χ2n) is 2.10. The summed E-state index contributed by atoms with van der Waals surface area (Å²) in [5, 5.41) is 8.22. The highest BCUT2D eigenvalue weighted by Gasteiger charge is 2.12. The van der Waals surface area contributed by atoms with Gasteiger partial charge >= 0.3 is 10.4 Å². The summed E-state index contributed by atoms with van der Waals surface area (Å²) in [7, 11) is -3.90. The van der Waals surface area contributed by atoms with E-state index in [1.165, 1.54) is 0 Å². The summed E-state index contributed by atoms with van der Waals surface area (Å²) in [6, 6.07) is 0. The topological polar surface area (TPSA) is 72.8 Å². The molecule has 11 heavy (non-hydrogen) atoms. The van der Waals surface area contributed by atoms with E-state index >= 15 is 0 Å². The minimum atomic E-state index is -3.90. The predicted octanol–water partition coefficient (Wildman–Crippen LogP) is -0.335. The fraction of sp³-hybridized carbons (Fsp3) is 1.00. The second kappa shape index (κ2) is 4.66. The van der Waals surface area contributed by atoms with E-state index < -0.39 is 16.5 Å². The maximum atomic E-state index is 10.6. The molecule has 0 saturated heterocycles. The molecule has 1 N–H and O–H groups in total. The van der Waals surface area contributed by atoms with Crippen molar-refractivity contribution in [1.29, 1.82) is 0 Å². The number of aliphatic hydroxyl groups is 1. The molecule has 0 radical (unpaired) electrons. The lowest BCUT2D eigenvalue weighted by Gasteiger charge is -2.06. The summed E-state index contributed by atoms with van der Waals surface area (Å²) < 4.78 is 29.9. The molecule has 0 aromatic rings. The molecule has 0 bridgehead atoms. The van der Waals surface area contributed by atoms with Gasteiger partial charge in [-0.3, -0.25) is 0 Å². The van der Waals surface area contributed by atoms with Gasteiger partial charge in [-0.2, -0.15) is 8.42 Å².